The molecule has 1 aromatic rings. The molecule has 1 aliphatic rings. The molecule has 1 saturated heterocycles. The van der Waals surface area contributed by atoms with Gasteiger partial charge in [-0.2, -0.15) is 5.26 Å². The van der Waals surface area contributed by atoms with Gasteiger partial charge in [0.2, 0.25) is 0 Å². The summed E-state index contributed by atoms with van der Waals surface area (Å²) in [6.07, 6.45) is 1.46. The highest BCUT2D eigenvalue weighted by atomic mass is 79.9. The van der Waals surface area contributed by atoms with Gasteiger partial charge in [0.1, 0.15) is 11.6 Å². The molecule has 0 aromatic heterocycles. The van der Waals surface area contributed by atoms with Crippen LogP contribution in [0.5, 0.6) is 0 Å². The predicted molar refractivity (Wildman–Crippen MR) is 83.6 cm³/mol. The Morgan fingerprint density at radius 1 is 1.48 bits per heavy atom. The summed E-state index contributed by atoms with van der Waals surface area (Å²) in [6.45, 7) is 4.06. The third-order valence-corrected chi connectivity index (χ3v) is 4.08. The van der Waals surface area contributed by atoms with Crippen molar-refractivity contribution in [3.8, 4) is 6.07 Å². The number of nitrogens with one attached hydrogen (secondary N) is 1. The normalized spacial score (nSPS) is 15.5. The summed E-state index contributed by atoms with van der Waals surface area (Å²) < 4.78 is 6.22. The Morgan fingerprint density at radius 3 is 2.81 bits per heavy atom. The maximum absolute atomic E-state index is 12.2. The zero-order valence-electron chi connectivity index (χ0n) is 11.7. The fourth-order valence-electron chi connectivity index (χ4n) is 1.97. The van der Waals surface area contributed by atoms with Crippen molar-refractivity contribution in [2.45, 2.75) is 6.92 Å². The van der Waals surface area contributed by atoms with Crippen LogP contribution in [0.3, 0.4) is 0 Å². The minimum Gasteiger partial charge on any atom is -0.378 e. The van der Waals surface area contributed by atoms with E-state index in [0.717, 1.165) is 15.7 Å². The molecule has 21 heavy (non-hydrogen) atoms. The van der Waals surface area contributed by atoms with E-state index in [4.69, 9.17) is 10.00 Å². The predicted octanol–water partition coefficient (Wildman–Crippen LogP) is 2.44. The Morgan fingerprint density at radius 2 is 2.19 bits per heavy atom. The molecule has 0 bridgehead atoms. The molecular weight excluding hydrogens is 334 g/mol. The van der Waals surface area contributed by atoms with Gasteiger partial charge in [0.25, 0.3) is 5.91 Å². The number of aryl methyl sites for hydroxylation is 1. The SMILES string of the molecule is Cc1cc(N/C=C(/C#N)C(=O)N2CCOCC2)ccc1Br. The number of halogens is 1. The molecule has 6 heteroatoms. The van der Waals surface area contributed by atoms with Crippen LogP contribution in [0.25, 0.3) is 0 Å². The molecule has 110 valence electrons. The second-order valence-electron chi connectivity index (χ2n) is 4.68. The molecule has 1 N–H and O–H groups in total. The second kappa shape index (κ2) is 7.25. The van der Waals surface area contributed by atoms with Gasteiger partial charge in [0.15, 0.2) is 0 Å². The molecular formula is C15H16BrN3O2. The Labute approximate surface area is 132 Å². The summed E-state index contributed by atoms with van der Waals surface area (Å²) in [5.41, 5.74) is 2.00. The average molecular weight is 350 g/mol. The lowest BCUT2D eigenvalue weighted by Crippen LogP contribution is -2.41. The van der Waals surface area contributed by atoms with Crippen LogP contribution in [-0.2, 0) is 9.53 Å². The van der Waals surface area contributed by atoms with Crippen molar-refractivity contribution in [2.75, 3.05) is 31.6 Å². The first-order chi connectivity index (χ1) is 10.1. The van der Waals surface area contributed by atoms with E-state index in [-0.39, 0.29) is 11.5 Å². The molecule has 0 aliphatic carbocycles. The maximum Gasteiger partial charge on any atom is 0.266 e. The highest BCUT2D eigenvalue weighted by Crippen LogP contribution is 2.20. The number of nitrogens with zero attached hydrogens (tertiary/aromatic N) is 2. The number of carbonyl (C=O) groups excluding carboxylic acids is 1. The number of anilines is 1. The fraction of sp³-hybridized carbons (Fsp3) is 0.333. The van der Waals surface area contributed by atoms with Gasteiger partial charge in [-0.05, 0) is 30.7 Å². The molecule has 1 fully saturated rings. The van der Waals surface area contributed by atoms with E-state index in [0.29, 0.717) is 26.3 Å². The zero-order chi connectivity index (χ0) is 15.2. The van der Waals surface area contributed by atoms with Crippen LogP contribution in [0, 0.1) is 18.3 Å². The summed E-state index contributed by atoms with van der Waals surface area (Å²) in [5.74, 6) is -0.262. The van der Waals surface area contributed by atoms with Crippen molar-refractivity contribution in [1.29, 1.82) is 5.26 Å². The van der Waals surface area contributed by atoms with Gasteiger partial charge in [0.05, 0.1) is 13.2 Å². The van der Waals surface area contributed by atoms with Gasteiger partial charge >= 0.3 is 0 Å². The Bertz CT molecular complexity index is 601. The minimum absolute atomic E-state index is 0.0949. The standard InChI is InChI=1S/C15H16BrN3O2/c1-11-8-13(2-3-14(11)16)18-10-12(9-17)15(20)19-4-6-21-7-5-19/h2-3,8,10,18H,4-7H2,1H3/b12-10-. The van der Waals surface area contributed by atoms with Gasteiger partial charge in [-0.25, -0.2) is 0 Å². The van der Waals surface area contributed by atoms with Crippen LogP contribution >= 0.6 is 15.9 Å². The summed E-state index contributed by atoms with van der Waals surface area (Å²) in [5, 5.41) is 12.2. The molecule has 1 heterocycles. The van der Waals surface area contributed by atoms with E-state index in [1.54, 1.807) is 4.90 Å². The van der Waals surface area contributed by atoms with E-state index in [9.17, 15) is 4.79 Å². The van der Waals surface area contributed by atoms with E-state index in [2.05, 4.69) is 21.2 Å². The van der Waals surface area contributed by atoms with Crippen molar-refractivity contribution in [2.24, 2.45) is 0 Å². The first-order valence-electron chi connectivity index (χ1n) is 6.62. The quantitative estimate of drug-likeness (QED) is 0.672. The first-order valence-corrected chi connectivity index (χ1v) is 7.41. The van der Waals surface area contributed by atoms with Crippen molar-refractivity contribution in [1.82, 2.24) is 4.90 Å². The number of morpholine rings is 1. The van der Waals surface area contributed by atoms with Gasteiger partial charge in [-0.15, -0.1) is 0 Å². The van der Waals surface area contributed by atoms with Crippen LogP contribution in [0.1, 0.15) is 5.56 Å². The second-order valence-corrected chi connectivity index (χ2v) is 5.54. The molecule has 1 aromatic carbocycles. The number of hydrogen-bond acceptors (Lipinski definition) is 4. The summed E-state index contributed by atoms with van der Waals surface area (Å²) in [6, 6.07) is 7.69. The third-order valence-electron chi connectivity index (χ3n) is 3.19. The first kappa shape index (κ1) is 15.5. The van der Waals surface area contributed by atoms with Crippen LogP contribution in [-0.4, -0.2) is 37.1 Å². The van der Waals surface area contributed by atoms with Crippen molar-refractivity contribution < 1.29 is 9.53 Å². The van der Waals surface area contributed by atoms with Crippen LogP contribution in [0.15, 0.2) is 34.4 Å². The minimum atomic E-state index is -0.262. The molecule has 0 unspecified atom stereocenters. The van der Waals surface area contributed by atoms with E-state index in [1.165, 1.54) is 6.20 Å². The molecule has 1 amide bonds. The number of nitriles is 1. The lowest BCUT2D eigenvalue weighted by atomic mass is 10.2. The number of carbonyl (C=O) groups is 1. The molecule has 2 rings (SSSR count). The van der Waals surface area contributed by atoms with Gasteiger partial charge in [-0.3, -0.25) is 4.79 Å². The van der Waals surface area contributed by atoms with Crippen LogP contribution in [0.2, 0.25) is 0 Å². The summed E-state index contributed by atoms with van der Waals surface area (Å²) >= 11 is 3.43. The molecule has 0 saturated carbocycles. The van der Waals surface area contributed by atoms with E-state index >= 15 is 0 Å². The highest BCUT2D eigenvalue weighted by Gasteiger charge is 2.20. The van der Waals surface area contributed by atoms with Crippen LogP contribution in [0.4, 0.5) is 5.69 Å². The Hall–Kier alpha value is -1.84. The smallest absolute Gasteiger partial charge is 0.266 e. The summed E-state index contributed by atoms with van der Waals surface area (Å²) in [4.78, 5) is 13.8. The monoisotopic (exact) mass is 349 g/mol. The van der Waals surface area contributed by atoms with Crippen molar-refractivity contribution in [3.05, 3.63) is 40.0 Å². The van der Waals surface area contributed by atoms with E-state index in [1.807, 2.05) is 31.2 Å². The van der Waals surface area contributed by atoms with Crippen molar-refractivity contribution in [3.63, 3.8) is 0 Å². The number of hydrogen-bond donors (Lipinski definition) is 1. The number of amides is 1. The van der Waals surface area contributed by atoms with Gasteiger partial charge in [-0.1, -0.05) is 15.9 Å². The third kappa shape index (κ3) is 4.06. The molecule has 5 nitrogen and oxygen atoms in total. The van der Waals surface area contributed by atoms with E-state index < -0.39 is 0 Å². The number of ether oxygens (including phenoxy) is 1. The van der Waals surface area contributed by atoms with Gasteiger partial charge in [0, 0.05) is 29.4 Å². The summed E-state index contributed by atoms with van der Waals surface area (Å²) in [7, 11) is 0. The van der Waals surface area contributed by atoms with Crippen LogP contribution < -0.4 is 5.32 Å². The number of benzene rings is 1. The molecule has 0 spiro atoms. The number of rotatable bonds is 3. The highest BCUT2D eigenvalue weighted by molar-refractivity contribution is 9.10. The fourth-order valence-corrected chi connectivity index (χ4v) is 2.22. The molecule has 0 radical (unpaired) electrons. The lowest BCUT2D eigenvalue weighted by Gasteiger charge is -2.26. The maximum atomic E-state index is 12.2. The largest absolute Gasteiger partial charge is 0.378 e. The molecule has 0 atom stereocenters. The van der Waals surface area contributed by atoms with Crippen molar-refractivity contribution >= 4 is 27.5 Å². The molecule has 1 aliphatic heterocycles. The van der Waals surface area contributed by atoms with Gasteiger partial charge < -0.3 is 15.0 Å². The average Bonchev–Trinajstić information content (AvgIpc) is 2.52. The zero-order valence-corrected chi connectivity index (χ0v) is 13.3. The Kier molecular flexibility index (Phi) is 5.37. The Balaban J connectivity index is 2.07. The topological polar surface area (TPSA) is 65.4 Å². The lowest BCUT2D eigenvalue weighted by molar-refractivity contribution is -0.130.